The van der Waals surface area contributed by atoms with Crippen LogP contribution < -0.4 is 10.1 Å². The van der Waals surface area contributed by atoms with Gasteiger partial charge in [-0.1, -0.05) is 19.9 Å². The van der Waals surface area contributed by atoms with E-state index in [2.05, 4.69) is 32.4 Å². The van der Waals surface area contributed by atoms with E-state index in [1.54, 1.807) is 12.1 Å². The van der Waals surface area contributed by atoms with E-state index in [4.69, 9.17) is 4.74 Å². The number of carbonyl (C=O) groups excluding carboxylic acids is 1. The first-order valence-corrected chi connectivity index (χ1v) is 13.0. The number of methoxy groups -OCH3 is 1. The molecule has 1 amide bonds. The summed E-state index contributed by atoms with van der Waals surface area (Å²) in [6, 6.07) is 8.10. The van der Waals surface area contributed by atoms with Crippen LogP contribution in [0, 0.1) is 5.82 Å². The third-order valence-electron chi connectivity index (χ3n) is 6.75. The largest absolute Gasteiger partial charge is 0.507 e. The van der Waals surface area contributed by atoms with E-state index in [-0.39, 0.29) is 35.0 Å². The molecule has 1 aromatic heterocycles. The maximum atomic E-state index is 15.7. The Balaban J connectivity index is 1.80. The highest BCUT2D eigenvalue weighted by molar-refractivity contribution is 5.92. The lowest BCUT2D eigenvalue weighted by Crippen LogP contribution is -2.43. The summed E-state index contributed by atoms with van der Waals surface area (Å²) in [5.74, 6) is -0.403. The third-order valence-corrected chi connectivity index (χ3v) is 6.75. The van der Waals surface area contributed by atoms with E-state index in [9.17, 15) is 9.90 Å². The zero-order chi connectivity index (χ0) is 27.6. The SMILES string of the molecule is COc1cc(O)c(-c2nnc(C(=O)NC(C)C)n2-c2ccc(CN3CCN(C)CC3)cc2F)cc1C(C)C. The summed E-state index contributed by atoms with van der Waals surface area (Å²) < 4.78 is 22.6. The van der Waals surface area contributed by atoms with Gasteiger partial charge in [0.15, 0.2) is 5.82 Å². The molecular formula is C28H37FN6O3. The molecule has 1 aliphatic heterocycles. The average molecular weight is 525 g/mol. The van der Waals surface area contributed by atoms with Crippen LogP contribution in [0.5, 0.6) is 11.5 Å². The first-order chi connectivity index (χ1) is 18.1. The number of ether oxygens (including phenoxy) is 1. The molecule has 0 atom stereocenters. The number of aromatic nitrogens is 3. The van der Waals surface area contributed by atoms with Crippen LogP contribution in [0.4, 0.5) is 4.39 Å². The van der Waals surface area contributed by atoms with E-state index in [0.29, 0.717) is 17.9 Å². The molecule has 10 heteroatoms. The van der Waals surface area contributed by atoms with Crippen molar-refractivity contribution in [3.8, 4) is 28.6 Å². The monoisotopic (exact) mass is 524 g/mol. The number of amides is 1. The van der Waals surface area contributed by atoms with Gasteiger partial charge < -0.3 is 20.1 Å². The highest BCUT2D eigenvalue weighted by Gasteiger charge is 2.26. The number of nitrogens with zero attached hydrogens (tertiary/aromatic N) is 5. The summed E-state index contributed by atoms with van der Waals surface area (Å²) >= 11 is 0. The minimum Gasteiger partial charge on any atom is -0.507 e. The number of hydrogen-bond acceptors (Lipinski definition) is 7. The molecule has 1 fully saturated rings. The van der Waals surface area contributed by atoms with Crippen LogP contribution in [0.1, 0.15) is 55.4 Å². The van der Waals surface area contributed by atoms with Gasteiger partial charge in [-0.2, -0.15) is 0 Å². The Hall–Kier alpha value is -3.50. The van der Waals surface area contributed by atoms with Gasteiger partial charge in [0.2, 0.25) is 5.82 Å². The number of hydrogen-bond donors (Lipinski definition) is 2. The fourth-order valence-electron chi connectivity index (χ4n) is 4.65. The quantitative estimate of drug-likeness (QED) is 0.463. The van der Waals surface area contributed by atoms with Crippen molar-refractivity contribution >= 4 is 5.91 Å². The highest BCUT2D eigenvalue weighted by atomic mass is 19.1. The van der Waals surface area contributed by atoms with Crippen molar-refractivity contribution in [2.45, 2.75) is 46.2 Å². The Bertz CT molecular complexity index is 1300. The molecule has 38 heavy (non-hydrogen) atoms. The number of piperazine rings is 1. The third kappa shape index (κ3) is 5.81. The molecule has 0 bridgehead atoms. The summed E-state index contributed by atoms with van der Waals surface area (Å²) in [5, 5.41) is 22.1. The number of phenols is 1. The lowest BCUT2D eigenvalue weighted by molar-refractivity contribution is 0.0930. The summed E-state index contributed by atoms with van der Waals surface area (Å²) in [6.45, 7) is 12.1. The van der Waals surface area contributed by atoms with Crippen LogP contribution >= 0.6 is 0 Å². The van der Waals surface area contributed by atoms with Crippen LogP contribution in [0.15, 0.2) is 30.3 Å². The lowest BCUT2D eigenvalue weighted by atomic mass is 9.98. The normalized spacial score (nSPS) is 14.9. The fourth-order valence-corrected chi connectivity index (χ4v) is 4.65. The molecule has 0 spiro atoms. The van der Waals surface area contributed by atoms with Gasteiger partial charge in [-0.15, -0.1) is 10.2 Å². The molecule has 0 saturated carbocycles. The first kappa shape index (κ1) is 27.5. The molecule has 9 nitrogen and oxygen atoms in total. The van der Waals surface area contributed by atoms with Crippen molar-refractivity contribution < 1.29 is 19.0 Å². The van der Waals surface area contributed by atoms with Gasteiger partial charge >= 0.3 is 0 Å². The topological polar surface area (TPSA) is 95.8 Å². The second-order valence-electron chi connectivity index (χ2n) is 10.4. The molecule has 0 unspecified atom stereocenters. The number of halogens is 1. The molecule has 2 N–H and O–H groups in total. The zero-order valence-corrected chi connectivity index (χ0v) is 23.0. The van der Waals surface area contributed by atoms with Crippen LogP contribution in [0.2, 0.25) is 0 Å². The van der Waals surface area contributed by atoms with Crippen molar-refractivity contribution in [3.63, 3.8) is 0 Å². The van der Waals surface area contributed by atoms with Crippen molar-refractivity contribution in [1.82, 2.24) is 29.9 Å². The molecule has 204 valence electrons. The van der Waals surface area contributed by atoms with E-state index < -0.39 is 11.7 Å². The van der Waals surface area contributed by atoms with Gasteiger partial charge in [0.05, 0.1) is 18.4 Å². The van der Waals surface area contributed by atoms with E-state index in [1.165, 1.54) is 23.8 Å². The van der Waals surface area contributed by atoms with Gasteiger partial charge in [0.25, 0.3) is 5.91 Å². The summed E-state index contributed by atoms with van der Waals surface area (Å²) in [5.41, 5.74) is 2.13. The van der Waals surface area contributed by atoms with Crippen molar-refractivity contribution in [3.05, 3.63) is 53.1 Å². The Morgan fingerprint density at radius 3 is 2.42 bits per heavy atom. The number of carbonyl (C=O) groups is 1. The molecule has 4 rings (SSSR count). The van der Waals surface area contributed by atoms with Crippen molar-refractivity contribution in [2.24, 2.45) is 0 Å². The highest BCUT2D eigenvalue weighted by Crippen LogP contribution is 2.39. The average Bonchev–Trinajstić information content (AvgIpc) is 3.29. The summed E-state index contributed by atoms with van der Waals surface area (Å²) in [6.07, 6.45) is 0. The Morgan fingerprint density at radius 1 is 1.11 bits per heavy atom. The second-order valence-corrected chi connectivity index (χ2v) is 10.4. The Kier molecular flexibility index (Phi) is 8.32. The number of likely N-dealkylation sites (N-methyl/N-ethyl adjacent to an activating group) is 1. The molecule has 0 radical (unpaired) electrons. The van der Waals surface area contributed by atoms with Gasteiger partial charge in [-0.3, -0.25) is 14.3 Å². The number of phenolic OH excluding ortho intramolecular Hbond substituents is 1. The summed E-state index contributed by atoms with van der Waals surface area (Å²) in [4.78, 5) is 17.6. The minimum atomic E-state index is -0.506. The second kappa shape index (κ2) is 11.5. The zero-order valence-electron chi connectivity index (χ0n) is 23.0. The Morgan fingerprint density at radius 2 is 1.82 bits per heavy atom. The standard InChI is InChI=1S/C28H37FN6O3/c1-17(2)20-14-21(24(36)15-25(20)38-6)26-31-32-27(28(37)30-18(3)4)35(26)23-8-7-19(13-22(23)29)16-34-11-9-33(5)10-12-34/h7-8,13-15,17-18,36H,9-12,16H2,1-6H3,(H,30,37). The van der Waals surface area contributed by atoms with Gasteiger partial charge in [0.1, 0.15) is 17.3 Å². The lowest BCUT2D eigenvalue weighted by Gasteiger charge is -2.32. The number of aromatic hydroxyl groups is 1. The van der Waals surface area contributed by atoms with Crippen LogP contribution in [0.3, 0.4) is 0 Å². The maximum Gasteiger partial charge on any atom is 0.289 e. The van der Waals surface area contributed by atoms with Gasteiger partial charge in [-0.25, -0.2) is 4.39 Å². The number of nitrogens with one attached hydrogen (secondary N) is 1. The van der Waals surface area contributed by atoms with Crippen LogP contribution in [0.25, 0.3) is 17.1 Å². The van der Waals surface area contributed by atoms with E-state index >= 15 is 4.39 Å². The first-order valence-electron chi connectivity index (χ1n) is 13.0. The van der Waals surface area contributed by atoms with E-state index in [1.807, 2.05) is 33.8 Å². The van der Waals surface area contributed by atoms with Crippen molar-refractivity contribution in [2.75, 3.05) is 40.3 Å². The molecule has 3 aromatic rings. The molecule has 1 aliphatic rings. The number of rotatable bonds is 8. The molecule has 1 saturated heterocycles. The predicted octanol–water partition coefficient (Wildman–Crippen LogP) is 3.80. The van der Waals surface area contributed by atoms with Gasteiger partial charge in [0, 0.05) is 44.8 Å². The van der Waals surface area contributed by atoms with Crippen LogP contribution in [-0.4, -0.2) is 82.0 Å². The summed E-state index contributed by atoms with van der Waals surface area (Å²) in [7, 11) is 3.64. The van der Waals surface area contributed by atoms with Gasteiger partial charge in [-0.05, 0) is 56.1 Å². The fraction of sp³-hybridized carbons (Fsp3) is 0.464. The smallest absolute Gasteiger partial charge is 0.289 e. The maximum absolute atomic E-state index is 15.7. The Labute approximate surface area is 223 Å². The molecule has 2 heterocycles. The van der Waals surface area contributed by atoms with E-state index in [0.717, 1.165) is 37.3 Å². The molecular weight excluding hydrogens is 487 g/mol. The molecule has 2 aromatic carbocycles. The van der Waals surface area contributed by atoms with Crippen molar-refractivity contribution in [1.29, 1.82) is 0 Å². The van der Waals surface area contributed by atoms with Crippen LogP contribution in [-0.2, 0) is 6.54 Å². The number of benzene rings is 2. The molecule has 0 aliphatic carbocycles. The minimum absolute atomic E-state index is 0.0688. The predicted molar refractivity (Wildman–Crippen MR) is 144 cm³/mol.